The van der Waals surface area contributed by atoms with Crippen LogP contribution < -0.4 is 4.90 Å². The molecule has 4 rings (SSSR count). The molecule has 0 aliphatic carbocycles. The third-order valence-corrected chi connectivity index (χ3v) is 3.93. The van der Waals surface area contributed by atoms with E-state index < -0.39 is 5.82 Å². The van der Waals surface area contributed by atoms with Crippen LogP contribution >= 0.6 is 0 Å². The van der Waals surface area contributed by atoms with E-state index in [0.717, 1.165) is 0 Å². The fourth-order valence-corrected chi connectivity index (χ4v) is 2.81. The van der Waals surface area contributed by atoms with Crippen LogP contribution in [0.3, 0.4) is 0 Å². The molecule has 0 radical (unpaired) electrons. The van der Waals surface area contributed by atoms with Crippen molar-refractivity contribution < 1.29 is 14.6 Å². The van der Waals surface area contributed by atoms with Crippen molar-refractivity contribution in [2.24, 2.45) is 0 Å². The standard InChI is InChI=1S/C17H13FN4O2/c18-9-4-5-12-13(6-9)21-17(20-12)15-14(24)8-22(16(15)19)10-2-1-3-11(23)7-10/h1-7,19,23-24H,8H2,(H,20,21). The minimum atomic E-state index is -0.390. The molecular formula is C17H13FN4O2. The predicted molar refractivity (Wildman–Crippen MR) is 88.8 cm³/mol. The van der Waals surface area contributed by atoms with E-state index in [1.807, 2.05) is 0 Å². The summed E-state index contributed by atoms with van der Waals surface area (Å²) in [5, 5.41) is 28.2. The normalized spacial score (nSPS) is 14.9. The quantitative estimate of drug-likeness (QED) is 0.582. The molecule has 4 N–H and O–H groups in total. The largest absolute Gasteiger partial charge is 0.509 e. The van der Waals surface area contributed by atoms with Crippen molar-refractivity contribution in [3.63, 3.8) is 0 Å². The number of anilines is 1. The summed E-state index contributed by atoms with van der Waals surface area (Å²) >= 11 is 0. The highest BCUT2D eigenvalue weighted by Crippen LogP contribution is 2.32. The van der Waals surface area contributed by atoms with Gasteiger partial charge in [0.15, 0.2) is 0 Å². The van der Waals surface area contributed by atoms with Gasteiger partial charge in [-0.1, -0.05) is 6.07 Å². The highest BCUT2D eigenvalue weighted by Gasteiger charge is 2.31. The van der Waals surface area contributed by atoms with Crippen LogP contribution in [0.2, 0.25) is 0 Å². The van der Waals surface area contributed by atoms with Gasteiger partial charge < -0.3 is 20.1 Å². The molecule has 1 aliphatic heterocycles. The number of imidazole rings is 1. The van der Waals surface area contributed by atoms with Crippen LogP contribution in [-0.4, -0.2) is 32.6 Å². The Labute approximate surface area is 136 Å². The lowest BCUT2D eigenvalue weighted by molar-refractivity contribution is 0.411. The molecule has 0 bridgehead atoms. The van der Waals surface area contributed by atoms with Gasteiger partial charge in [0.2, 0.25) is 0 Å². The number of aromatic hydroxyl groups is 1. The Morgan fingerprint density at radius 1 is 1.17 bits per heavy atom. The number of H-pyrrole nitrogens is 1. The number of halogens is 1. The molecule has 7 heteroatoms. The fraction of sp³-hybridized carbons (Fsp3) is 0.0588. The molecule has 0 unspecified atom stereocenters. The van der Waals surface area contributed by atoms with Crippen LogP contribution in [0.1, 0.15) is 5.82 Å². The zero-order valence-electron chi connectivity index (χ0n) is 12.4. The van der Waals surface area contributed by atoms with Gasteiger partial charge in [-0.2, -0.15) is 0 Å². The Kier molecular flexibility index (Phi) is 3.02. The maximum absolute atomic E-state index is 13.3. The molecule has 0 saturated carbocycles. The lowest BCUT2D eigenvalue weighted by atomic mass is 10.2. The average Bonchev–Trinajstić information content (AvgIpc) is 3.07. The first-order chi connectivity index (χ1) is 11.5. The molecule has 3 aromatic rings. The number of phenolic OH excluding ortho intramolecular Hbond substituents is 1. The second-order valence-corrected chi connectivity index (χ2v) is 5.52. The van der Waals surface area contributed by atoms with Crippen molar-refractivity contribution >= 4 is 28.1 Å². The lowest BCUT2D eigenvalue weighted by Gasteiger charge is -2.18. The number of hydrogen-bond acceptors (Lipinski definition) is 4. The van der Waals surface area contributed by atoms with Crippen LogP contribution in [0.4, 0.5) is 10.1 Å². The summed E-state index contributed by atoms with van der Waals surface area (Å²) < 4.78 is 13.3. The lowest BCUT2D eigenvalue weighted by Crippen LogP contribution is -2.26. The van der Waals surface area contributed by atoms with Crippen molar-refractivity contribution in [1.82, 2.24) is 9.97 Å². The van der Waals surface area contributed by atoms with E-state index in [2.05, 4.69) is 9.97 Å². The van der Waals surface area contributed by atoms with Gasteiger partial charge in [-0.05, 0) is 30.3 Å². The smallest absolute Gasteiger partial charge is 0.145 e. The minimum Gasteiger partial charge on any atom is -0.509 e. The molecule has 0 fully saturated rings. The molecule has 24 heavy (non-hydrogen) atoms. The molecule has 0 atom stereocenters. The number of rotatable bonds is 2. The topological polar surface area (TPSA) is 96.2 Å². The summed E-state index contributed by atoms with van der Waals surface area (Å²) in [5.41, 5.74) is 1.89. The third kappa shape index (κ3) is 2.18. The van der Waals surface area contributed by atoms with Crippen molar-refractivity contribution in [2.45, 2.75) is 0 Å². The second-order valence-electron chi connectivity index (χ2n) is 5.52. The van der Waals surface area contributed by atoms with Gasteiger partial charge in [0.25, 0.3) is 0 Å². The van der Waals surface area contributed by atoms with Crippen molar-refractivity contribution in [1.29, 1.82) is 5.41 Å². The average molecular weight is 324 g/mol. The number of amidine groups is 1. The monoisotopic (exact) mass is 324 g/mol. The van der Waals surface area contributed by atoms with Gasteiger partial charge in [-0.3, -0.25) is 5.41 Å². The maximum Gasteiger partial charge on any atom is 0.145 e. The molecule has 2 heterocycles. The Morgan fingerprint density at radius 2 is 2.00 bits per heavy atom. The van der Waals surface area contributed by atoms with E-state index in [1.54, 1.807) is 17.0 Å². The molecule has 0 spiro atoms. The van der Waals surface area contributed by atoms with Crippen molar-refractivity contribution in [3.05, 3.63) is 59.9 Å². The summed E-state index contributed by atoms with van der Waals surface area (Å²) in [6, 6.07) is 10.6. The zero-order chi connectivity index (χ0) is 16.8. The molecule has 1 aliphatic rings. The van der Waals surface area contributed by atoms with Gasteiger partial charge >= 0.3 is 0 Å². The minimum absolute atomic E-state index is 0.0112. The van der Waals surface area contributed by atoms with Gasteiger partial charge in [-0.15, -0.1) is 0 Å². The highest BCUT2D eigenvalue weighted by atomic mass is 19.1. The zero-order valence-corrected chi connectivity index (χ0v) is 12.4. The number of hydrogen-bond donors (Lipinski definition) is 4. The van der Waals surface area contributed by atoms with Crippen LogP contribution in [0, 0.1) is 11.2 Å². The summed E-state index contributed by atoms with van der Waals surface area (Å²) in [4.78, 5) is 8.82. The van der Waals surface area contributed by atoms with Crippen LogP contribution in [0.15, 0.2) is 48.2 Å². The second kappa shape index (κ2) is 5.09. The Morgan fingerprint density at radius 3 is 2.79 bits per heavy atom. The van der Waals surface area contributed by atoms with E-state index >= 15 is 0 Å². The van der Waals surface area contributed by atoms with Gasteiger partial charge in [0.05, 0.1) is 23.2 Å². The Hall–Kier alpha value is -3.35. The molecule has 1 aromatic heterocycles. The first-order valence-corrected chi connectivity index (χ1v) is 7.26. The van der Waals surface area contributed by atoms with E-state index in [4.69, 9.17) is 5.41 Å². The van der Waals surface area contributed by atoms with Crippen LogP contribution in [0.5, 0.6) is 5.75 Å². The number of aliphatic hydroxyl groups excluding tert-OH is 1. The van der Waals surface area contributed by atoms with E-state index in [-0.39, 0.29) is 29.5 Å². The number of aromatic amines is 1. The number of aliphatic hydroxyl groups is 1. The van der Waals surface area contributed by atoms with Gasteiger partial charge in [-0.25, -0.2) is 9.37 Å². The number of aromatic nitrogens is 2. The first kappa shape index (κ1) is 14.3. The van der Waals surface area contributed by atoms with Crippen LogP contribution in [-0.2, 0) is 0 Å². The summed E-state index contributed by atoms with van der Waals surface area (Å²) in [6.07, 6.45) is 0. The van der Waals surface area contributed by atoms with E-state index in [9.17, 15) is 14.6 Å². The Bertz CT molecular complexity index is 1010. The highest BCUT2D eigenvalue weighted by molar-refractivity contribution is 6.30. The molecular weight excluding hydrogens is 311 g/mol. The van der Waals surface area contributed by atoms with E-state index in [0.29, 0.717) is 22.5 Å². The molecule has 2 aromatic carbocycles. The molecule has 0 saturated heterocycles. The molecule has 0 amide bonds. The number of fused-ring (bicyclic) bond motifs is 1. The number of nitrogens with one attached hydrogen (secondary N) is 2. The maximum atomic E-state index is 13.3. The first-order valence-electron chi connectivity index (χ1n) is 7.26. The summed E-state index contributed by atoms with van der Waals surface area (Å²) in [5.74, 6) is 0.0347. The van der Waals surface area contributed by atoms with Crippen LogP contribution in [0.25, 0.3) is 16.6 Å². The number of nitrogens with zero attached hydrogens (tertiary/aromatic N) is 2. The summed E-state index contributed by atoms with van der Waals surface area (Å²) in [7, 11) is 0. The van der Waals surface area contributed by atoms with Gasteiger partial charge in [0.1, 0.15) is 29.0 Å². The number of phenols is 1. The molecule has 6 nitrogen and oxygen atoms in total. The Balaban J connectivity index is 1.74. The molecule has 120 valence electrons. The van der Waals surface area contributed by atoms with Gasteiger partial charge in [0, 0.05) is 11.8 Å². The van der Waals surface area contributed by atoms with E-state index in [1.165, 1.54) is 30.3 Å². The van der Waals surface area contributed by atoms with Crippen molar-refractivity contribution in [3.8, 4) is 5.75 Å². The number of benzene rings is 2. The predicted octanol–water partition coefficient (Wildman–Crippen LogP) is 3.17. The van der Waals surface area contributed by atoms with Crippen molar-refractivity contribution in [2.75, 3.05) is 11.4 Å². The fourth-order valence-electron chi connectivity index (χ4n) is 2.81. The summed E-state index contributed by atoms with van der Waals surface area (Å²) in [6.45, 7) is 0.100. The SMILES string of the molecule is N=C1C(c2nc3ccc(F)cc3[nH]2)=C(O)CN1c1cccc(O)c1. The third-order valence-electron chi connectivity index (χ3n) is 3.93.